The molecule has 0 aliphatic heterocycles. The Kier molecular flexibility index (Phi) is 12.9. The quantitative estimate of drug-likeness (QED) is 0.439. The number of aliphatic hydroxyl groups excluding tert-OH is 1. The zero-order valence-electron chi connectivity index (χ0n) is 16.1. The van der Waals surface area contributed by atoms with Crippen LogP contribution in [0, 0.1) is 17.7 Å². The van der Waals surface area contributed by atoms with Crippen LogP contribution in [0.15, 0.2) is 53.8 Å². The Bertz CT molecular complexity index is 444. The van der Waals surface area contributed by atoms with Crippen LogP contribution in [0.2, 0.25) is 0 Å². The molecule has 2 rings (SSSR count). The molecule has 0 saturated heterocycles. The molecule has 24 heavy (non-hydrogen) atoms. The van der Waals surface area contributed by atoms with Gasteiger partial charge in [-0.15, -0.1) is 0 Å². The third kappa shape index (κ3) is 14.0. The highest BCUT2D eigenvalue weighted by molar-refractivity contribution is 5.09. The van der Waals surface area contributed by atoms with E-state index in [0.29, 0.717) is 5.76 Å². The molecule has 2 heteroatoms. The summed E-state index contributed by atoms with van der Waals surface area (Å²) in [5.41, 5.74) is 1.19. The molecule has 136 valence electrons. The average molecular weight is 335 g/mol. The average Bonchev–Trinajstić information content (AvgIpc) is 2.56. The third-order valence-corrected chi connectivity index (χ3v) is 3.98. The molecule has 0 radical (unpaired) electrons. The van der Waals surface area contributed by atoms with E-state index in [4.69, 9.17) is 5.11 Å². The van der Waals surface area contributed by atoms with Crippen LogP contribution >= 0.6 is 0 Å². The van der Waals surface area contributed by atoms with Crippen molar-refractivity contribution in [2.45, 2.75) is 66.7 Å². The summed E-state index contributed by atoms with van der Waals surface area (Å²) in [6.45, 7) is 10.3. The van der Waals surface area contributed by atoms with Crippen LogP contribution in [0.5, 0.6) is 0 Å². The molecular formula is C22H35FO. The minimum Gasteiger partial charge on any atom is -0.513 e. The zero-order chi connectivity index (χ0) is 18.4. The second-order valence-electron chi connectivity index (χ2n) is 6.99. The lowest BCUT2D eigenvalue weighted by Crippen LogP contribution is -2.12. The number of aliphatic hydroxyl groups is 1. The molecule has 0 atom stereocenters. The summed E-state index contributed by atoms with van der Waals surface area (Å²) in [4.78, 5) is 0. The Balaban J connectivity index is 0.000000333. The number of rotatable bonds is 2. The molecule has 0 spiro atoms. The van der Waals surface area contributed by atoms with E-state index in [1.54, 1.807) is 31.2 Å². The van der Waals surface area contributed by atoms with E-state index in [2.05, 4.69) is 13.8 Å². The predicted octanol–water partition coefficient (Wildman–Crippen LogP) is 7.46. The number of halogens is 1. The van der Waals surface area contributed by atoms with E-state index in [-0.39, 0.29) is 5.82 Å². The summed E-state index contributed by atoms with van der Waals surface area (Å²) in [5, 5.41) is 8.62. The first-order chi connectivity index (χ1) is 11.3. The van der Waals surface area contributed by atoms with Gasteiger partial charge in [-0.1, -0.05) is 75.8 Å². The number of hydrogen-bond donors (Lipinski definition) is 1. The second kappa shape index (κ2) is 13.8. The normalized spacial score (nSPS) is 14.9. The smallest absolute Gasteiger partial charge is 0.123 e. The van der Waals surface area contributed by atoms with Crippen LogP contribution in [0.1, 0.15) is 66.7 Å². The van der Waals surface area contributed by atoms with Gasteiger partial charge in [0.25, 0.3) is 0 Å². The highest BCUT2D eigenvalue weighted by Gasteiger charge is 2.15. The molecule has 1 aromatic rings. The SMILES string of the molecule is CC(C)=C/C=C(\C)O.CC(C)C1CCCCC1.Fc1ccccc1. The van der Waals surface area contributed by atoms with E-state index in [9.17, 15) is 4.39 Å². The summed E-state index contributed by atoms with van der Waals surface area (Å²) in [5.74, 6) is 2.16. The maximum Gasteiger partial charge on any atom is 0.123 e. The summed E-state index contributed by atoms with van der Waals surface area (Å²) in [6.07, 6.45) is 11.0. The lowest BCUT2D eigenvalue weighted by atomic mass is 9.82. The first-order valence-electron chi connectivity index (χ1n) is 9.04. The summed E-state index contributed by atoms with van der Waals surface area (Å²) < 4.78 is 11.9. The Morgan fingerprint density at radius 2 is 1.54 bits per heavy atom. The van der Waals surface area contributed by atoms with Gasteiger partial charge in [-0.3, -0.25) is 0 Å². The van der Waals surface area contributed by atoms with Gasteiger partial charge in [-0.2, -0.15) is 0 Å². The summed E-state index contributed by atoms with van der Waals surface area (Å²) >= 11 is 0. The van der Waals surface area contributed by atoms with Gasteiger partial charge in [0.05, 0.1) is 5.76 Å². The minimum absolute atomic E-state index is 0.178. The van der Waals surface area contributed by atoms with Crippen LogP contribution < -0.4 is 0 Å². The van der Waals surface area contributed by atoms with Crippen LogP contribution in [0.3, 0.4) is 0 Å². The van der Waals surface area contributed by atoms with Crippen molar-refractivity contribution in [2.24, 2.45) is 11.8 Å². The van der Waals surface area contributed by atoms with Crippen molar-refractivity contribution in [3.8, 4) is 0 Å². The van der Waals surface area contributed by atoms with Crippen molar-refractivity contribution < 1.29 is 9.50 Å². The Morgan fingerprint density at radius 3 is 1.79 bits per heavy atom. The Morgan fingerprint density at radius 1 is 1.00 bits per heavy atom. The topological polar surface area (TPSA) is 20.2 Å². The number of hydrogen-bond acceptors (Lipinski definition) is 1. The molecule has 1 saturated carbocycles. The Labute approximate surface area is 148 Å². The van der Waals surface area contributed by atoms with E-state index in [1.165, 1.54) is 49.8 Å². The van der Waals surface area contributed by atoms with Crippen molar-refractivity contribution in [3.05, 3.63) is 59.6 Å². The first kappa shape index (κ1) is 22.4. The van der Waals surface area contributed by atoms with E-state index in [0.717, 1.165) is 11.8 Å². The van der Waals surface area contributed by atoms with Crippen LogP contribution in [0.25, 0.3) is 0 Å². The lowest BCUT2D eigenvalue weighted by molar-refractivity contribution is 0.279. The van der Waals surface area contributed by atoms with Gasteiger partial charge in [-0.25, -0.2) is 4.39 Å². The van der Waals surface area contributed by atoms with Gasteiger partial charge in [0.15, 0.2) is 0 Å². The van der Waals surface area contributed by atoms with Gasteiger partial charge in [0.2, 0.25) is 0 Å². The molecule has 1 aliphatic rings. The largest absolute Gasteiger partial charge is 0.513 e. The van der Waals surface area contributed by atoms with E-state index in [1.807, 2.05) is 19.9 Å². The van der Waals surface area contributed by atoms with Crippen molar-refractivity contribution in [3.63, 3.8) is 0 Å². The van der Waals surface area contributed by atoms with Crippen molar-refractivity contribution in [1.29, 1.82) is 0 Å². The second-order valence-corrected chi connectivity index (χ2v) is 6.99. The molecule has 1 fully saturated rings. The van der Waals surface area contributed by atoms with Crippen LogP contribution in [-0.2, 0) is 0 Å². The van der Waals surface area contributed by atoms with Crippen LogP contribution in [-0.4, -0.2) is 5.11 Å². The summed E-state index contributed by atoms with van der Waals surface area (Å²) in [6, 6.07) is 7.94. The standard InChI is InChI=1S/C9H18.C7H12O.C6H5F/c1-8(2)9-6-4-3-5-7-9;1-6(2)4-5-7(3)8;7-6-4-2-1-3-5-6/h8-9H,3-7H2,1-2H3;4-5,8H,1-3H3;1-5H/b;7-5+;. The fourth-order valence-electron chi connectivity index (χ4n) is 2.50. The molecule has 0 amide bonds. The molecule has 0 heterocycles. The molecule has 0 aromatic heterocycles. The van der Waals surface area contributed by atoms with Gasteiger partial charge in [-0.05, 0) is 50.8 Å². The van der Waals surface area contributed by atoms with Gasteiger partial charge >= 0.3 is 0 Å². The number of benzene rings is 1. The highest BCUT2D eigenvalue weighted by atomic mass is 19.1. The Hall–Kier alpha value is -1.57. The predicted molar refractivity (Wildman–Crippen MR) is 104 cm³/mol. The highest BCUT2D eigenvalue weighted by Crippen LogP contribution is 2.29. The van der Waals surface area contributed by atoms with Crippen molar-refractivity contribution >= 4 is 0 Å². The first-order valence-corrected chi connectivity index (χ1v) is 9.04. The maximum absolute atomic E-state index is 11.9. The fourth-order valence-corrected chi connectivity index (χ4v) is 2.50. The molecule has 0 unspecified atom stereocenters. The van der Waals surface area contributed by atoms with Gasteiger partial charge < -0.3 is 5.11 Å². The van der Waals surface area contributed by atoms with Gasteiger partial charge in [0, 0.05) is 0 Å². The van der Waals surface area contributed by atoms with Crippen molar-refractivity contribution in [1.82, 2.24) is 0 Å². The van der Waals surface area contributed by atoms with E-state index >= 15 is 0 Å². The van der Waals surface area contributed by atoms with Crippen molar-refractivity contribution in [2.75, 3.05) is 0 Å². The molecule has 1 aliphatic carbocycles. The zero-order valence-corrected chi connectivity index (χ0v) is 16.1. The third-order valence-electron chi connectivity index (χ3n) is 3.98. The van der Waals surface area contributed by atoms with Crippen LogP contribution in [0.4, 0.5) is 4.39 Å². The summed E-state index contributed by atoms with van der Waals surface area (Å²) in [7, 11) is 0. The molecule has 1 nitrogen and oxygen atoms in total. The lowest BCUT2D eigenvalue weighted by Gasteiger charge is -2.24. The maximum atomic E-state index is 11.9. The monoisotopic (exact) mass is 334 g/mol. The molecule has 1 aromatic carbocycles. The fraction of sp³-hybridized carbons (Fsp3) is 0.545. The molecule has 1 N–H and O–H groups in total. The number of allylic oxidation sites excluding steroid dienone is 4. The minimum atomic E-state index is -0.178. The molecular weight excluding hydrogens is 299 g/mol. The van der Waals surface area contributed by atoms with E-state index < -0.39 is 0 Å². The van der Waals surface area contributed by atoms with Gasteiger partial charge in [0.1, 0.15) is 5.82 Å². The molecule has 0 bridgehead atoms.